The molecule has 2 amide bonds. The van der Waals surface area contributed by atoms with Crippen LogP contribution in [0, 0.1) is 0 Å². The number of ketones is 1. The average molecular weight is 501 g/mol. The number of hydrogen-bond acceptors (Lipinski definition) is 5. The summed E-state index contributed by atoms with van der Waals surface area (Å²) in [6.45, 7) is 0. The summed E-state index contributed by atoms with van der Waals surface area (Å²) in [6.07, 6.45) is -0.122. The molecule has 4 aromatic rings. The highest BCUT2D eigenvalue weighted by molar-refractivity contribution is 7.77. The minimum absolute atomic E-state index is 0.119. The number of hydrazine groups is 1. The van der Waals surface area contributed by atoms with Crippen molar-refractivity contribution in [3.05, 3.63) is 108 Å². The quantitative estimate of drug-likeness (QED) is 0.207. The van der Waals surface area contributed by atoms with Crippen molar-refractivity contribution in [1.82, 2.24) is 9.84 Å². The summed E-state index contributed by atoms with van der Waals surface area (Å²) in [6, 6.07) is 27.4. The first-order chi connectivity index (χ1) is 17.3. The average Bonchev–Trinajstić information content (AvgIpc) is 2.90. The third-order valence-corrected chi connectivity index (χ3v) is 6.06. The number of nitrogens with two attached hydrogens (primary N) is 1. The van der Waals surface area contributed by atoms with Gasteiger partial charge in [0.2, 0.25) is 5.78 Å². The van der Waals surface area contributed by atoms with E-state index in [0.717, 1.165) is 21.9 Å². The van der Waals surface area contributed by atoms with Crippen molar-refractivity contribution in [2.24, 2.45) is 5.73 Å². The Morgan fingerprint density at radius 2 is 1.50 bits per heavy atom. The highest BCUT2D eigenvalue weighted by Gasteiger charge is 2.34. The van der Waals surface area contributed by atoms with Gasteiger partial charge in [-0.3, -0.25) is 23.6 Å². The molecule has 0 saturated heterocycles. The molecule has 0 aliphatic heterocycles. The molecule has 0 heterocycles. The second-order valence-electron chi connectivity index (χ2n) is 8.08. The fourth-order valence-electron chi connectivity index (χ4n) is 3.97. The zero-order valence-corrected chi connectivity index (χ0v) is 19.8. The number of hydrogen-bond donors (Lipinski definition) is 2. The van der Waals surface area contributed by atoms with Gasteiger partial charge in [-0.2, -0.15) is 4.83 Å². The third-order valence-electron chi connectivity index (χ3n) is 5.71. The molecule has 4 aromatic carbocycles. The molecule has 0 aliphatic carbocycles. The van der Waals surface area contributed by atoms with Crippen molar-refractivity contribution < 1.29 is 23.1 Å². The molecule has 0 spiro atoms. The van der Waals surface area contributed by atoms with Gasteiger partial charge in [-0.1, -0.05) is 78.9 Å². The topological polar surface area (TPSA) is 133 Å². The van der Waals surface area contributed by atoms with Crippen molar-refractivity contribution in [3.8, 4) is 11.1 Å². The number of rotatable bonds is 9. The molecule has 0 bridgehead atoms. The molecule has 2 unspecified atom stereocenters. The maximum atomic E-state index is 13.5. The van der Waals surface area contributed by atoms with Crippen LogP contribution < -0.4 is 10.6 Å². The van der Waals surface area contributed by atoms with Gasteiger partial charge in [0.1, 0.15) is 6.04 Å². The molecular weight excluding hydrogens is 478 g/mol. The van der Waals surface area contributed by atoms with Crippen LogP contribution in [0.2, 0.25) is 0 Å². The Balaban J connectivity index is 1.72. The fourth-order valence-corrected chi connectivity index (χ4v) is 4.34. The van der Waals surface area contributed by atoms with Gasteiger partial charge in [0, 0.05) is 23.3 Å². The molecule has 0 saturated carbocycles. The largest absolute Gasteiger partial charge is 0.759 e. The van der Waals surface area contributed by atoms with Gasteiger partial charge < -0.3 is 10.3 Å². The number of carbonyl (C=O) groups excluding carboxylic acids is 3. The Labute approximate surface area is 210 Å². The summed E-state index contributed by atoms with van der Waals surface area (Å²) >= 11 is -2.95. The minimum atomic E-state index is -2.95. The van der Waals surface area contributed by atoms with E-state index in [1.165, 1.54) is 6.07 Å². The molecule has 0 aromatic heterocycles. The zero-order chi connectivity index (χ0) is 25.7. The second-order valence-corrected chi connectivity index (χ2v) is 8.73. The summed E-state index contributed by atoms with van der Waals surface area (Å²) < 4.78 is 23.2. The van der Waals surface area contributed by atoms with Crippen LogP contribution in [0.4, 0.5) is 0 Å². The van der Waals surface area contributed by atoms with Gasteiger partial charge in [0.25, 0.3) is 11.8 Å². The Kier molecular flexibility index (Phi) is 7.65. The lowest BCUT2D eigenvalue weighted by Crippen LogP contribution is -2.56. The number of fused-ring (bicyclic) bond motifs is 1. The molecule has 3 N–H and O–H groups in total. The molecule has 8 nitrogen and oxygen atoms in total. The van der Waals surface area contributed by atoms with Gasteiger partial charge >= 0.3 is 0 Å². The molecule has 0 fully saturated rings. The Morgan fingerprint density at radius 1 is 0.833 bits per heavy atom. The lowest BCUT2D eigenvalue weighted by atomic mass is 9.98. The maximum Gasteiger partial charge on any atom is 0.287 e. The molecular formula is C27H22N3O5S-. The highest BCUT2D eigenvalue weighted by Crippen LogP contribution is 2.26. The maximum absolute atomic E-state index is 13.5. The summed E-state index contributed by atoms with van der Waals surface area (Å²) in [5.74, 6) is -3.19. The fraction of sp³-hybridized carbons (Fsp3) is 0.0741. The van der Waals surface area contributed by atoms with E-state index in [1.54, 1.807) is 42.5 Å². The highest BCUT2D eigenvalue weighted by atomic mass is 32.2. The summed E-state index contributed by atoms with van der Waals surface area (Å²) in [4.78, 5) is 40.0. The van der Waals surface area contributed by atoms with Crippen molar-refractivity contribution >= 4 is 39.6 Å². The number of primary amides is 1. The molecule has 182 valence electrons. The number of Topliss-reactive ketones (excluding diaryl/α,β-unsaturated/α-hetero) is 1. The molecule has 0 radical (unpaired) electrons. The monoisotopic (exact) mass is 500 g/mol. The molecule has 36 heavy (non-hydrogen) atoms. The minimum Gasteiger partial charge on any atom is -0.759 e. The van der Waals surface area contributed by atoms with E-state index in [4.69, 9.17) is 5.73 Å². The standard InChI is InChI=1S/C27H23N3O5S/c28-26(32)25(31)24(15-18-7-2-1-3-8-18)30(29-36(34)35)27(33)23-12-6-11-21(17-23)22-14-13-19-9-4-5-10-20(19)16-22/h1-14,16-17,24,29H,15H2,(H2,28,32)(H,34,35)/p-1. The van der Waals surface area contributed by atoms with Crippen molar-refractivity contribution in [1.29, 1.82) is 0 Å². The van der Waals surface area contributed by atoms with Crippen molar-refractivity contribution in [2.75, 3.05) is 0 Å². The first-order valence-electron chi connectivity index (χ1n) is 11.0. The predicted molar refractivity (Wildman–Crippen MR) is 136 cm³/mol. The first-order valence-corrected chi connectivity index (χ1v) is 12.1. The van der Waals surface area contributed by atoms with Crippen LogP contribution in [-0.2, 0) is 27.3 Å². The lowest BCUT2D eigenvalue weighted by molar-refractivity contribution is -0.139. The normalized spacial score (nSPS) is 12.6. The second kappa shape index (κ2) is 11.0. The van der Waals surface area contributed by atoms with E-state index >= 15 is 0 Å². The number of carbonyl (C=O) groups is 3. The Bertz CT molecular complexity index is 1460. The summed E-state index contributed by atoms with van der Waals surface area (Å²) in [5, 5.41) is 2.73. The van der Waals surface area contributed by atoms with E-state index in [-0.39, 0.29) is 12.0 Å². The SMILES string of the molecule is NC(=O)C(=O)C(Cc1ccccc1)N(NS(=O)[O-])C(=O)c1cccc(-c2ccc3ccccc3c2)c1. The van der Waals surface area contributed by atoms with E-state index in [1.807, 2.05) is 53.4 Å². The van der Waals surface area contributed by atoms with Crippen LogP contribution >= 0.6 is 0 Å². The smallest absolute Gasteiger partial charge is 0.287 e. The predicted octanol–water partition coefficient (Wildman–Crippen LogP) is 2.91. The number of nitrogens with zero attached hydrogens (tertiary/aromatic N) is 1. The lowest BCUT2D eigenvalue weighted by Gasteiger charge is -2.31. The van der Waals surface area contributed by atoms with Gasteiger partial charge in [0.15, 0.2) is 0 Å². The molecule has 4 rings (SSSR count). The van der Waals surface area contributed by atoms with Crippen LogP contribution in [0.15, 0.2) is 97.1 Å². The summed E-state index contributed by atoms with van der Waals surface area (Å²) in [7, 11) is 0. The van der Waals surface area contributed by atoms with Gasteiger partial charge in [-0.25, -0.2) is 0 Å². The Hall–Kier alpha value is -4.18. The van der Waals surface area contributed by atoms with Gasteiger partial charge in [-0.05, 0) is 45.7 Å². The van der Waals surface area contributed by atoms with Gasteiger partial charge in [0.05, 0.1) is 0 Å². The van der Waals surface area contributed by atoms with Crippen molar-refractivity contribution in [3.63, 3.8) is 0 Å². The van der Waals surface area contributed by atoms with E-state index in [0.29, 0.717) is 10.6 Å². The molecule has 0 aliphatic rings. The Morgan fingerprint density at radius 3 is 2.19 bits per heavy atom. The van der Waals surface area contributed by atoms with Crippen LogP contribution in [0.5, 0.6) is 0 Å². The molecule has 2 atom stereocenters. The van der Waals surface area contributed by atoms with E-state index in [9.17, 15) is 23.1 Å². The molecule has 9 heteroatoms. The third kappa shape index (κ3) is 5.72. The number of benzene rings is 4. The number of nitrogens with one attached hydrogen (secondary N) is 1. The van der Waals surface area contributed by atoms with Crippen LogP contribution in [0.1, 0.15) is 15.9 Å². The van der Waals surface area contributed by atoms with Crippen LogP contribution in [-0.4, -0.2) is 37.4 Å². The van der Waals surface area contributed by atoms with Crippen LogP contribution in [0.25, 0.3) is 21.9 Å². The van der Waals surface area contributed by atoms with E-state index < -0.39 is 34.9 Å². The first kappa shape index (κ1) is 24.9. The summed E-state index contributed by atoms with van der Waals surface area (Å²) in [5.41, 5.74) is 7.53. The van der Waals surface area contributed by atoms with Crippen LogP contribution in [0.3, 0.4) is 0 Å². The number of amides is 2. The van der Waals surface area contributed by atoms with Crippen molar-refractivity contribution in [2.45, 2.75) is 12.5 Å². The van der Waals surface area contributed by atoms with E-state index in [2.05, 4.69) is 0 Å². The zero-order valence-electron chi connectivity index (χ0n) is 19.0. The van der Waals surface area contributed by atoms with Gasteiger partial charge in [-0.15, -0.1) is 0 Å².